The minimum Gasteiger partial charge on any atom is -0.478 e. The third kappa shape index (κ3) is 4.59. The molecule has 2 aromatic carbocycles. The van der Waals surface area contributed by atoms with Gasteiger partial charge >= 0.3 is 5.97 Å². The number of thioether (sulfide) groups is 2. The summed E-state index contributed by atoms with van der Waals surface area (Å²) in [5, 5.41) is 9.05. The molecular formula is C25H28O2S2. The zero-order valence-corrected chi connectivity index (χ0v) is 18.7. The highest BCUT2D eigenvalue weighted by Crippen LogP contribution is 2.50. The molecule has 0 spiro atoms. The molecule has 0 saturated carbocycles. The maximum absolute atomic E-state index is 11.0. The number of fused-ring (bicyclic) bond motifs is 1. The molecule has 0 amide bonds. The maximum Gasteiger partial charge on any atom is 0.335 e. The monoisotopic (exact) mass is 424 g/mol. The molecule has 1 unspecified atom stereocenters. The van der Waals surface area contributed by atoms with Gasteiger partial charge in [-0.3, -0.25) is 0 Å². The lowest BCUT2D eigenvalue weighted by atomic mass is 9.69. The molecule has 152 valence electrons. The van der Waals surface area contributed by atoms with Crippen molar-refractivity contribution in [3.8, 4) is 0 Å². The van der Waals surface area contributed by atoms with Gasteiger partial charge < -0.3 is 5.11 Å². The molecule has 4 rings (SSSR count). The summed E-state index contributed by atoms with van der Waals surface area (Å²) in [5.41, 5.74) is 5.86. The van der Waals surface area contributed by atoms with Crippen molar-refractivity contribution in [1.82, 2.24) is 0 Å². The molecule has 2 aromatic rings. The second-order valence-electron chi connectivity index (χ2n) is 8.60. The van der Waals surface area contributed by atoms with Crippen molar-refractivity contribution in [2.75, 3.05) is 11.5 Å². The Morgan fingerprint density at radius 3 is 2.38 bits per heavy atom. The number of carboxylic acids is 1. The first-order chi connectivity index (χ1) is 13.9. The molecule has 1 aliphatic heterocycles. The van der Waals surface area contributed by atoms with E-state index in [1.165, 1.54) is 47.5 Å². The number of benzene rings is 2. The molecule has 29 heavy (non-hydrogen) atoms. The summed E-state index contributed by atoms with van der Waals surface area (Å²) in [5.74, 6) is 2.33. The van der Waals surface area contributed by atoms with E-state index >= 15 is 0 Å². The summed E-state index contributed by atoms with van der Waals surface area (Å²) in [7, 11) is 0. The van der Waals surface area contributed by atoms with Crippen LogP contribution in [0.4, 0.5) is 0 Å². The van der Waals surface area contributed by atoms with Crippen LogP contribution in [0.15, 0.2) is 42.5 Å². The van der Waals surface area contributed by atoms with Gasteiger partial charge in [-0.25, -0.2) is 4.79 Å². The highest BCUT2D eigenvalue weighted by Gasteiger charge is 2.37. The highest BCUT2D eigenvalue weighted by molar-refractivity contribution is 8.17. The van der Waals surface area contributed by atoms with Crippen LogP contribution in [0.1, 0.15) is 71.6 Å². The van der Waals surface area contributed by atoms with Crippen LogP contribution in [0.2, 0.25) is 0 Å². The van der Waals surface area contributed by atoms with Gasteiger partial charge in [0.25, 0.3) is 0 Å². The normalized spacial score (nSPS) is 21.8. The van der Waals surface area contributed by atoms with Crippen molar-refractivity contribution in [2.45, 2.75) is 49.0 Å². The molecular weight excluding hydrogens is 396 g/mol. The Balaban J connectivity index is 1.61. The summed E-state index contributed by atoms with van der Waals surface area (Å²) < 4.78 is 0.682. The van der Waals surface area contributed by atoms with E-state index in [0.29, 0.717) is 16.1 Å². The number of hydrogen-bond donors (Lipinski definition) is 1. The first kappa shape index (κ1) is 20.6. The molecule has 1 atom stereocenters. The summed E-state index contributed by atoms with van der Waals surface area (Å²) in [4.78, 5) is 11.0. The second kappa shape index (κ2) is 8.61. The van der Waals surface area contributed by atoms with E-state index in [1.807, 2.05) is 12.1 Å². The Morgan fingerprint density at radius 2 is 1.69 bits per heavy atom. The Bertz CT molecular complexity index is 909. The molecule has 0 aromatic heterocycles. The van der Waals surface area contributed by atoms with E-state index < -0.39 is 5.97 Å². The van der Waals surface area contributed by atoms with Gasteiger partial charge in [0.05, 0.1) is 10.1 Å². The predicted octanol–water partition coefficient (Wildman–Crippen LogP) is 6.91. The van der Waals surface area contributed by atoms with Gasteiger partial charge in [-0.2, -0.15) is 0 Å². The number of aromatic carboxylic acids is 1. The Labute approximate surface area is 182 Å². The van der Waals surface area contributed by atoms with Crippen LogP contribution >= 0.6 is 23.5 Å². The average Bonchev–Trinajstić information content (AvgIpc) is 2.73. The van der Waals surface area contributed by atoms with Gasteiger partial charge in [0.1, 0.15) is 0 Å². The van der Waals surface area contributed by atoms with Crippen molar-refractivity contribution in [1.29, 1.82) is 0 Å². The topological polar surface area (TPSA) is 37.3 Å². The van der Waals surface area contributed by atoms with Crippen LogP contribution in [-0.4, -0.2) is 27.2 Å². The number of carbonyl (C=O) groups is 1. The predicted molar refractivity (Wildman–Crippen MR) is 127 cm³/mol. The minimum absolute atomic E-state index is 0.241. The van der Waals surface area contributed by atoms with Crippen molar-refractivity contribution in [3.05, 3.63) is 70.3 Å². The van der Waals surface area contributed by atoms with Crippen LogP contribution in [-0.2, 0) is 5.41 Å². The van der Waals surface area contributed by atoms with Gasteiger partial charge in [0.2, 0.25) is 0 Å². The first-order valence-corrected chi connectivity index (χ1v) is 12.4. The van der Waals surface area contributed by atoms with Gasteiger partial charge in [-0.15, -0.1) is 23.5 Å². The highest BCUT2D eigenvalue weighted by atomic mass is 32.2. The Kier molecular flexibility index (Phi) is 6.12. The van der Waals surface area contributed by atoms with Crippen LogP contribution in [0, 0.1) is 0 Å². The quantitative estimate of drug-likeness (QED) is 0.541. The molecule has 1 heterocycles. The third-order valence-corrected chi connectivity index (χ3v) is 9.27. The smallest absolute Gasteiger partial charge is 0.335 e. The molecule has 2 aliphatic rings. The van der Waals surface area contributed by atoms with Crippen LogP contribution < -0.4 is 0 Å². The van der Waals surface area contributed by atoms with E-state index in [0.717, 1.165) is 5.56 Å². The molecule has 4 heteroatoms. The number of carboxylic acid groups (broad SMARTS) is 1. The van der Waals surface area contributed by atoms with Crippen LogP contribution in [0.5, 0.6) is 0 Å². The molecule has 1 fully saturated rings. The second-order valence-corrected chi connectivity index (χ2v) is 11.4. The van der Waals surface area contributed by atoms with E-state index in [9.17, 15) is 4.79 Å². The van der Waals surface area contributed by atoms with Crippen molar-refractivity contribution >= 4 is 41.6 Å². The van der Waals surface area contributed by atoms with Gasteiger partial charge in [-0.1, -0.05) is 56.3 Å². The average molecular weight is 425 g/mol. The number of rotatable bonds is 4. The van der Waals surface area contributed by atoms with Gasteiger partial charge in [0, 0.05) is 5.92 Å². The SMILES string of the molecule is CC1(C)CCC(C2SCCCS2)c2cc(C=Cc3ccc(C(=O)O)cc3)ccc21. The lowest BCUT2D eigenvalue weighted by Gasteiger charge is -2.41. The van der Waals surface area contributed by atoms with Crippen molar-refractivity contribution in [3.63, 3.8) is 0 Å². The summed E-state index contributed by atoms with van der Waals surface area (Å²) >= 11 is 4.30. The third-order valence-electron chi connectivity index (χ3n) is 6.09. The maximum atomic E-state index is 11.0. The van der Waals surface area contributed by atoms with Crippen molar-refractivity contribution in [2.24, 2.45) is 0 Å². The fraction of sp³-hybridized carbons (Fsp3) is 0.400. The van der Waals surface area contributed by atoms with Gasteiger partial charge in [0.15, 0.2) is 0 Å². The Hall–Kier alpha value is -1.65. The summed E-state index contributed by atoms with van der Waals surface area (Å²) in [6.45, 7) is 4.76. The Morgan fingerprint density at radius 1 is 1.03 bits per heavy atom. The van der Waals surface area contributed by atoms with Crippen LogP contribution in [0.3, 0.4) is 0 Å². The molecule has 1 N–H and O–H groups in total. The number of hydrogen-bond acceptors (Lipinski definition) is 3. The first-order valence-electron chi connectivity index (χ1n) is 10.3. The fourth-order valence-corrected chi connectivity index (χ4v) is 7.63. The van der Waals surface area contributed by atoms with E-state index in [1.54, 1.807) is 12.1 Å². The lowest BCUT2D eigenvalue weighted by molar-refractivity contribution is 0.0697. The summed E-state index contributed by atoms with van der Waals surface area (Å²) in [6, 6.07) is 14.0. The van der Waals surface area contributed by atoms with Crippen LogP contribution in [0.25, 0.3) is 12.2 Å². The molecule has 1 saturated heterocycles. The lowest BCUT2D eigenvalue weighted by Crippen LogP contribution is -2.30. The molecule has 1 aliphatic carbocycles. The van der Waals surface area contributed by atoms with E-state index in [4.69, 9.17) is 5.11 Å². The minimum atomic E-state index is -0.887. The van der Waals surface area contributed by atoms with Gasteiger partial charge in [-0.05, 0) is 70.6 Å². The molecule has 0 bridgehead atoms. The summed E-state index contributed by atoms with van der Waals surface area (Å²) in [6.07, 6.45) is 8.08. The molecule has 0 radical (unpaired) electrons. The fourth-order valence-electron chi connectivity index (χ4n) is 4.36. The zero-order valence-electron chi connectivity index (χ0n) is 17.1. The van der Waals surface area contributed by atoms with E-state index in [2.05, 4.69) is 67.7 Å². The van der Waals surface area contributed by atoms with E-state index in [-0.39, 0.29) is 5.41 Å². The zero-order chi connectivity index (χ0) is 20.4. The standard InChI is InChI=1S/C25H28O2S2/c1-25(2)13-12-20(24-28-14-3-15-29-24)21-16-18(8-11-22(21)25)5-4-17-6-9-19(10-7-17)23(26)27/h4-11,16,20,24H,3,12-15H2,1-2H3,(H,26,27). The largest absolute Gasteiger partial charge is 0.478 e. The van der Waals surface area contributed by atoms with Crippen molar-refractivity contribution < 1.29 is 9.90 Å². The molecule has 2 nitrogen and oxygen atoms in total.